The van der Waals surface area contributed by atoms with Crippen LogP contribution in [0.4, 0.5) is 5.69 Å². The van der Waals surface area contributed by atoms with Crippen LogP contribution in [0.1, 0.15) is 22.8 Å². The molecule has 9 heteroatoms. The quantitative estimate of drug-likeness (QED) is 0.516. The number of aliphatic imine (C=N–C) groups is 1. The van der Waals surface area contributed by atoms with Gasteiger partial charge in [0.15, 0.2) is 11.8 Å². The van der Waals surface area contributed by atoms with Crippen molar-refractivity contribution in [3.63, 3.8) is 0 Å². The molecule has 1 heterocycles. The summed E-state index contributed by atoms with van der Waals surface area (Å²) in [4.78, 5) is 39.5. The molecule has 0 radical (unpaired) electrons. The summed E-state index contributed by atoms with van der Waals surface area (Å²) in [7, 11) is 0. The van der Waals surface area contributed by atoms with Gasteiger partial charge in [0.25, 0.3) is 5.91 Å². The summed E-state index contributed by atoms with van der Waals surface area (Å²) in [6.45, 7) is 1.55. The van der Waals surface area contributed by atoms with E-state index in [1.165, 1.54) is 0 Å². The number of rotatable bonds is 7. The average molecular weight is 426 g/mol. The number of hydrogen-bond acceptors (Lipinski definition) is 7. The number of carboxylic acids is 1. The van der Waals surface area contributed by atoms with Crippen LogP contribution in [0.25, 0.3) is 6.08 Å². The first-order chi connectivity index (χ1) is 14.5. The molecule has 1 aliphatic heterocycles. The predicted octanol–water partition coefficient (Wildman–Crippen LogP) is 3.22. The van der Waals surface area contributed by atoms with Gasteiger partial charge in [0, 0.05) is 5.56 Å². The normalized spacial score (nSPS) is 15.8. The van der Waals surface area contributed by atoms with E-state index in [4.69, 9.17) is 14.6 Å². The number of carboxylic acid groups (broad SMARTS) is 1. The average Bonchev–Trinajstić information content (AvgIpc) is 3.06. The highest BCUT2D eigenvalue weighted by Gasteiger charge is 2.24. The number of hydrogen-bond donors (Lipinski definition) is 2. The lowest BCUT2D eigenvalue weighted by Gasteiger charge is -2.06. The van der Waals surface area contributed by atoms with Crippen molar-refractivity contribution in [3.8, 4) is 5.75 Å². The van der Waals surface area contributed by atoms with Crippen molar-refractivity contribution in [2.45, 2.75) is 6.92 Å². The molecule has 0 aromatic heterocycles. The lowest BCUT2D eigenvalue weighted by molar-refractivity contribution is -0.139. The van der Waals surface area contributed by atoms with Crippen molar-refractivity contribution in [2.75, 3.05) is 13.2 Å². The second-order valence-electron chi connectivity index (χ2n) is 5.97. The van der Waals surface area contributed by atoms with E-state index in [9.17, 15) is 14.4 Å². The van der Waals surface area contributed by atoms with Crippen LogP contribution in [-0.2, 0) is 14.3 Å². The number of para-hydroxylation sites is 1. The zero-order valence-corrected chi connectivity index (χ0v) is 16.8. The highest BCUT2D eigenvalue weighted by atomic mass is 32.2. The number of carbonyl (C=O) groups is 3. The second kappa shape index (κ2) is 9.75. The Labute approximate surface area is 176 Å². The molecule has 8 nitrogen and oxygen atoms in total. The van der Waals surface area contributed by atoms with Crippen LogP contribution < -0.4 is 10.1 Å². The number of carbonyl (C=O) groups excluding carboxylic acids is 2. The smallest absolute Gasteiger partial charge is 0.341 e. The van der Waals surface area contributed by atoms with Gasteiger partial charge in [-0.25, -0.2) is 14.6 Å². The Kier molecular flexibility index (Phi) is 6.87. The van der Waals surface area contributed by atoms with Gasteiger partial charge in [-0.05, 0) is 55.1 Å². The fourth-order valence-electron chi connectivity index (χ4n) is 2.50. The molecule has 0 atom stereocenters. The van der Waals surface area contributed by atoms with Gasteiger partial charge in [0.05, 0.1) is 22.8 Å². The van der Waals surface area contributed by atoms with Crippen LogP contribution in [-0.4, -0.2) is 41.3 Å². The third-order valence-electron chi connectivity index (χ3n) is 3.82. The molecule has 2 N–H and O–H groups in total. The van der Waals surface area contributed by atoms with Gasteiger partial charge in [-0.3, -0.25) is 4.79 Å². The van der Waals surface area contributed by atoms with E-state index in [1.807, 2.05) is 0 Å². The fraction of sp³-hybridized carbons (Fsp3) is 0.143. The summed E-state index contributed by atoms with van der Waals surface area (Å²) >= 11 is 1.15. The summed E-state index contributed by atoms with van der Waals surface area (Å²) in [6, 6.07) is 13.3. The van der Waals surface area contributed by atoms with E-state index in [-0.39, 0.29) is 5.91 Å². The Morgan fingerprint density at radius 1 is 1.17 bits per heavy atom. The SMILES string of the molecule is CCOC(=O)c1ccc(N=C2NC(=O)/C(=C/c3ccccc3OCC(=O)O)S2)cc1. The molecule has 1 aliphatic rings. The first-order valence-corrected chi connectivity index (χ1v) is 9.78. The topological polar surface area (TPSA) is 114 Å². The first kappa shape index (κ1) is 21.1. The van der Waals surface area contributed by atoms with Gasteiger partial charge < -0.3 is 19.9 Å². The van der Waals surface area contributed by atoms with Gasteiger partial charge in [-0.15, -0.1) is 0 Å². The molecule has 0 spiro atoms. The summed E-state index contributed by atoms with van der Waals surface area (Å²) < 4.78 is 10.2. The zero-order valence-electron chi connectivity index (χ0n) is 16.0. The number of benzene rings is 2. The molecule has 1 amide bonds. The van der Waals surface area contributed by atoms with Crippen LogP contribution in [0.3, 0.4) is 0 Å². The highest BCUT2D eigenvalue weighted by Crippen LogP contribution is 2.30. The van der Waals surface area contributed by atoms with E-state index in [1.54, 1.807) is 61.5 Å². The van der Waals surface area contributed by atoms with E-state index in [0.717, 1.165) is 11.8 Å². The standard InChI is InChI=1S/C21H18N2O6S/c1-2-28-20(27)13-7-9-15(10-8-13)22-21-23-19(26)17(30-21)11-14-5-3-4-6-16(14)29-12-18(24)25/h3-11H,2,12H2,1H3,(H,24,25)(H,22,23,26)/b17-11-. The number of aliphatic carboxylic acids is 1. The van der Waals surface area contributed by atoms with Crippen LogP contribution in [0.15, 0.2) is 58.4 Å². The molecular formula is C21H18N2O6S. The Hall–Kier alpha value is -3.59. The minimum absolute atomic E-state index is 0.297. The molecule has 3 rings (SSSR count). The maximum atomic E-state index is 12.3. The van der Waals surface area contributed by atoms with E-state index >= 15 is 0 Å². The molecular weight excluding hydrogens is 408 g/mol. The molecule has 2 aromatic rings. The fourth-order valence-corrected chi connectivity index (χ4v) is 3.33. The van der Waals surface area contributed by atoms with Crippen molar-refractivity contribution in [2.24, 2.45) is 4.99 Å². The Morgan fingerprint density at radius 2 is 1.90 bits per heavy atom. The van der Waals surface area contributed by atoms with E-state index in [0.29, 0.717) is 39.2 Å². The molecule has 154 valence electrons. The second-order valence-corrected chi connectivity index (χ2v) is 7.00. The highest BCUT2D eigenvalue weighted by molar-refractivity contribution is 8.18. The number of nitrogens with one attached hydrogen (secondary N) is 1. The van der Waals surface area contributed by atoms with Crippen LogP contribution in [0.5, 0.6) is 5.75 Å². The molecule has 1 saturated heterocycles. The van der Waals surface area contributed by atoms with Crippen LogP contribution >= 0.6 is 11.8 Å². The van der Waals surface area contributed by atoms with E-state index < -0.39 is 18.5 Å². The monoisotopic (exact) mass is 426 g/mol. The zero-order chi connectivity index (χ0) is 21.5. The number of amidine groups is 1. The number of nitrogens with zero attached hydrogens (tertiary/aromatic N) is 1. The number of amides is 1. The molecule has 2 aromatic carbocycles. The minimum Gasteiger partial charge on any atom is -0.481 e. The van der Waals surface area contributed by atoms with Gasteiger partial charge in [-0.1, -0.05) is 18.2 Å². The lowest BCUT2D eigenvalue weighted by Crippen LogP contribution is -2.19. The van der Waals surface area contributed by atoms with Crippen molar-refractivity contribution >= 4 is 46.5 Å². The number of esters is 1. The number of thioether (sulfide) groups is 1. The summed E-state index contributed by atoms with van der Waals surface area (Å²) in [5.41, 5.74) is 1.57. The molecule has 30 heavy (non-hydrogen) atoms. The molecule has 0 bridgehead atoms. The van der Waals surface area contributed by atoms with Gasteiger partial charge in [0.2, 0.25) is 0 Å². The Bertz CT molecular complexity index is 1030. The number of ether oxygens (including phenoxy) is 2. The maximum Gasteiger partial charge on any atom is 0.341 e. The predicted molar refractivity (Wildman–Crippen MR) is 113 cm³/mol. The lowest BCUT2D eigenvalue weighted by atomic mass is 10.2. The third-order valence-corrected chi connectivity index (χ3v) is 4.73. The first-order valence-electron chi connectivity index (χ1n) is 8.96. The summed E-state index contributed by atoms with van der Waals surface area (Å²) in [6.07, 6.45) is 1.61. The van der Waals surface area contributed by atoms with Crippen molar-refractivity contribution in [3.05, 3.63) is 64.6 Å². The maximum absolute atomic E-state index is 12.3. The third kappa shape index (κ3) is 5.48. The summed E-state index contributed by atoms with van der Waals surface area (Å²) in [5.74, 6) is -1.46. The molecule has 1 fully saturated rings. The van der Waals surface area contributed by atoms with Gasteiger partial charge >= 0.3 is 11.9 Å². The minimum atomic E-state index is -1.09. The molecule has 0 aliphatic carbocycles. The molecule has 0 saturated carbocycles. The van der Waals surface area contributed by atoms with Crippen LogP contribution in [0.2, 0.25) is 0 Å². The summed E-state index contributed by atoms with van der Waals surface area (Å²) in [5, 5.41) is 11.9. The van der Waals surface area contributed by atoms with E-state index in [2.05, 4.69) is 10.3 Å². The van der Waals surface area contributed by atoms with Crippen LogP contribution in [0, 0.1) is 0 Å². The van der Waals surface area contributed by atoms with Crippen molar-refractivity contribution < 1.29 is 29.0 Å². The van der Waals surface area contributed by atoms with Crippen molar-refractivity contribution in [1.82, 2.24) is 5.32 Å². The Morgan fingerprint density at radius 3 is 2.60 bits per heavy atom. The molecule has 0 unspecified atom stereocenters. The van der Waals surface area contributed by atoms with Gasteiger partial charge in [0.1, 0.15) is 5.75 Å². The Balaban J connectivity index is 1.75. The largest absolute Gasteiger partial charge is 0.481 e. The van der Waals surface area contributed by atoms with Gasteiger partial charge in [-0.2, -0.15) is 0 Å². The van der Waals surface area contributed by atoms with Crippen molar-refractivity contribution in [1.29, 1.82) is 0 Å².